The van der Waals surface area contributed by atoms with Crippen molar-refractivity contribution in [1.82, 2.24) is 0 Å². The molecule has 1 N–H and O–H groups in total. The molecule has 3 heteroatoms. The SMILES string of the molecule is CC(=O)c1cc(C)c(CC2=C(O)CCCC2=O)cc1C. The third-order valence-corrected chi connectivity index (χ3v) is 3.93. The molecule has 0 radical (unpaired) electrons. The third-order valence-electron chi connectivity index (χ3n) is 3.93. The summed E-state index contributed by atoms with van der Waals surface area (Å²) in [5, 5.41) is 9.91. The van der Waals surface area contributed by atoms with Crippen LogP contribution in [0.4, 0.5) is 0 Å². The molecule has 20 heavy (non-hydrogen) atoms. The Bertz CT molecular complexity index is 609. The number of hydrogen-bond acceptors (Lipinski definition) is 3. The average Bonchev–Trinajstić information content (AvgIpc) is 2.37. The van der Waals surface area contributed by atoms with Crippen LogP contribution in [0.2, 0.25) is 0 Å². The number of allylic oxidation sites excluding steroid dienone is 2. The summed E-state index contributed by atoms with van der Waals surface area (Å²) in [6, 6.07) is 3.83. The number of rotatable bonds is 3. The van der Waals surface area contributed by atoms with Crippen LogP contribution < -0.4 is 0 Å². The molecule has 1 aliphatic carbocycles. The summed E-state index contributed by atoms with van der Waals surface area (Å²) in [5.41, 5.74) is 4.17. The van der Waals surface area contributed by atoms with Gasteiger partial charge in [-0.25, -0.2) is 0 Å². The molecule has 0 saturated carbocycles. The summed E-state index contributed by atoms with van der Waals surface area (Å²) in [7, 11) is 0. The van der Waals surface area contributed by atoms with Gasteiger partial charge in [0.25, 0.3) is 0 Å². The highest BCUT2D eigenvalue weighted by molar-refractivity contribution is 5.97. The first-order valence-electron chi connectivity index (χ1n) is 6.95. The number of aliphatic hydroxyl groups is 1. The second-order valence-electron chi connectivity index (χ2n) is 5.53. The van der Waals surface area contributed by atoms with E-state index in [4.69, 9.17) is 0 Å². The first-order chi connectivity index (χ1) is 9.40. The van der Waals surface area contributed by atoms with Gasteiger partial charge in [0.15, 0.2) is 11.6 Å². The fourth-order valence-electron chi connectivity index (χ4n) is 2.72. The molecule has 0 bridgehead atoms. The molecule has 3 nitrogen and oxygen atoms in total. The van der Waals surface area contributed by atoms with E-state index in [0.29, 0.717) is 24.8 Å². The minimum absolute atomic E-state index is 0.0430. The molecule has 0 amide bonds. The molecule has 0 spiro atoms. The lowest BCUT2D eigenvalue weighted by atomic mass is 9.88. The Labute approximate surface area is 119 Å². The molecule has 0 heterocycles. The van der Waals surface area contributed by atoms with Gasteiger partial charge in [0, 0.05) is 30.4 Å². The zero-order valence-corrected chi connectivity index (χ0v) is 12.2. The number of aliphatic hydroxyl groups excluding tert-OH is 1. The van der Waals surface area contributed by atoms with Gasteiger partial charge in [-0.1, -0.05) is 6.07 Å². The molecule has 0 unspecified atom stereocenters. The van der Waals surface area contributed by atoms with Gasteiger partial charge in [-0.15, -0.1) is 0 Å². The molecule has 0 aliphatic heterocycles. The van der Waals surface area contributed by atoms with Crippen LogP contribution in [-0.2, 0) is 11.2 Å². The summed E-state index contributed by atoms with van der Waals surface area (Å²) in [6.07, 6.45) is 2.29. The molecule has 106 valence electrons. The first kappa shape index (κ1) is 14.5. The Hall–Kier alpha value is -1.90. The maximum Gasteiger partial charge on any atom is 0.162 e. The summed E-state index contributed by atoms with van der Waals surface area (Å²) in [6.45, 7) is 5.39. The van der Waals surface area contributed by atoms with Gasteiger partial charge in [0.1, 0.15) is 0 Å². The van der Waals surface area contributed by atoms with Crippen LogP contribution in [0, 0.1) is 13.8 Å². The quantitative estimate of drug-likeness (QED) is 0.855. The standard InChI is InChI=1S/C17H20O3/c1-10-8-14(12(3)18)11(2)7-13(10)9-15-16(19)5-4-6-17(15)20/h7-8,19H,4-6,9H2,1-3H3. The highest BCUT2D eigenvalue weighted by Gasteiger charge is 2.21. The van der Waals surface area contributed by atoms with Gasteiger partial charge in [-0.3, -0.25) is 9.59 Å². The fourth-order valence-corrected chi connectivity index (χ4v) is 2.72. The molecule has 2 rings (SSSR count). The van der Waals surface area contributed by atoms with Crippen molar-refractivity contribution in [1.29, 1.82) is 0 Å². The molecule has 0 fully saturated rings. The molecular weight excluding hydrogens is 252 g/mol. The van der Waals surface area contributed by atoms with E-state index in [2.05, 4.69) is 0 Å². The van der Waals surface area contributed by atoms with Crippen LogP contribution in [0.25, 0.3) is 0 Å². The van der Waals surface area contributed by atoms with Gasteiger partial charge >= 0.3 is 0 Å². The van der Waals surface area contributed by atoms with Crippen molar-refractivity contribution in [2.24, 2.45) is 0 Å². The van der Waals surface area contributed by atoms with E-state index in [0.717, 1.165) is 28.7 Å². The van der Waals surface area contributed by atoms with Crippen LogP contribution in [-0.4, -0.2) is 16.7 Å². The molecular formula is C17H20O3. The van der Waals surface area contributed by atoms with Crippen LogP contribution in [0.5, 0.6) is 0 Å². The molecule has 0 saturated heterocycles. The second kappa shape index (κ2) is 5.61. The van der Waals surface area contributed by atoms with E-state index in [9.17, 15) is 14.7 Å². The van der Waals surface area contributed by atoms with Crippen molar-refractivity contribution in [2.75, 3.05) is 0 Å². The van der Waals surface area contributed by atoms with Crippen molar-refractivity contribution in [2.45, 2.75) is 46.5 Å². The van der Waals surface area contributed by atoms with Gasteiger partial charge in [0.2, 0.25) is 0 Å². The number of carbonyl (C=O) groups excluding carboxylic acids is 2. The first-order valence-corrected chi connectivity index (χ1v) is 6.95. The Balaban J connectivity index is 2.37. The maximum atomic E-state index is 11.9. The largest absolute Gasteiger partial charge is 0.512 e. The van der Waals surface area contributed by atoms with E-state index in [1.54, 1.807) is 6.92 Å². The monoisotopic (exact) mass is 272 g/mol. The smallest absolute Gasteiger partial charge is 0.162 e. The normalized spacial score (nSPS) is 15.7. The number of Topliss-reactive ketones (excluding diaryl/α,β-unsaturated/α-hetero) is 2. The lowest BCUT2D eigenvalue weighted by molar-refractivity contribution is -0.116. The van der Waals surface area contributed by atoms with E-state index in [1.165, 1.54) is 0 Å². The number of aryl methyl sites for hydroxylation is 2. The van der Waals surface area contributed by atoms with E-state index in [-0.39, 0.29) is 17.3 Å². The topological polar surface area (TPSA) is 54.4 Å². The third kappa shape index (κ3) is 2.82. The Morgan fingerprint density at radius 3 is 2.50 bits per heavy atom. The molecule has 1 aromatic carbocycles. The number of carbonyl (C=O) groups is 2. The predicted molar refractivity (Wildman–Crippen MR) is 78.1 cm³/mol. The summed E-state index contributed by atoms with van der Waals surface area (Å²) >= 11 is 0. The Kier molecular flexibility index (Phi) is 4.07. The van der Waals surface area contributed by atoms with Crippen LogP contribution in [0.15, 0.2) is 23.5 Å². The number of benzene rings is 1. The zero-order valence-electron chi connectivity index (χ0n) is 12.2. The minimum Gasteiger partial charge on any atom is -0.512 e. The number of ketones is 2. The molecule has 1 aromatic rings. The maximum absolute atomic E-state index is 11.9. The van der Waals surface area contributed by atoms with Crippen molar-refractivity contribution < 1.29 is 14.7 Å². The van der Waals surface area contributed by atoms with Crippen molar-refractivity contribution in [3.63, 3.8) is 0 Å². The highest BCUT2D eigenvalue weighted by atomic mass is 16.3. The fraction of sp³-hybridized carbons (Fsp3) is 0.412. The van der Waals surface area contributed by atoms with Crippen LogP contribution in [0.1, 0.15) is 53.2 Å². The molecule has 1 aliphatic rings. The summed E-state index contributed by atoms with van der Waals surface area (Å²) in [5.74, 6) is 0.323. The predicted octanol–water partition coefficient (Wildman–Crippen LogP) is 3.61. The summed E-state index contributed by atoms with van der Waals surface area (Å²) in [4.78, 5) is 23.4. The van der Waals surface area contributed by atoms with Gasteiger partial charge in [-0.2, -0.15) is 0 Å². The van der Waals surface area contributed by atoms with Crippen molar-refractivity contribution in [3.05, 3.63) is 45.7 Å². The average molecular weight is 272 g/mol. The van der Waals surface area contributed by atoms with Crippen LogP contribution in [0.3, 0.4) is 0 Å². The zero-order chi connectivity index (χ0) is 14.9. The van der Waals surface area contributed by atoms with Gasteiger partial charge in [0.05, 0.1) is 5.76 Å². The van der Waals surface area contributed by atoms with Gasteiger partial charge in [-0.05, 0) is 49.9 Å². The Morgan fingerprint density at radius 2 is 1.90 bits per heavy atom. The minimum atomic E-state index is 0.0430. The second-order valence-corrected chi connectivity index (χ2v) is 5.53. The highest BCUT2D eigenvalue weighted by Crippen LogP contribution is 2.26. The molecule has 0 aromatic heterocycles. The summed E-state index contributed by atoms with van der Waals surface area (Å²) < 4.78 is 0. The van der Waals surface area contributed by atoms with E-state index >= 15 is 0 Å². The van der Waals surface area contributed by atoms with Gasteiger partial charge < -0.3 is 5.11 Å². The van der Waals surface area contributed by atoms with Crippen LogP contribution >= 0.6 is 0 Å². The Morgan fingerprint density at radius 1 is 1.20 bits per heavy atom. The lowest BCUT2D eigenvalue weighted by Gasteiger charge is -2.17. The van der Waals surface area contributed by atoms with E-state index < -0.39 is 0 Å². The molecule has 0 atom stereocenters. The lowest BCUT2D eigenvalue weighted by Crippen LogP contribution is -2.14. The number of hydrogen-bond donors (Lipinski definition) is 1. The van der Waals surface area contributed by atoms with Crippen molar-refractivity contribution >= 4 is 11.6 Å². The van der Waals surface area contributed by atoms with Crippen molar-refractivity contribution in [3.8, 4) is 0 Å². The van der Waals surface area contributed by atoms with E-state index in [1.807, 2.05) is 26.0 Å².